The molecule has 0 aromatic rings. The molecule has 16 heavy (non-hydrogen) atoms. The Kier molecular flexibility index (Phi) is 5.73. The highest BCUT2D eigenvalue weighted by molar-refractivity contribution is 4.88. The van der Waals surface area contributed by atoms with E-state index in [9.17, 15) is 0 Å². The summed E-state index contributed by atoms with van der Waals surface area (Å²) in [4.78, 5) is 0. The van der Waals surface area contributed by atoms with Crippen LogP contribution in [0.15, 0.2) is 0 Å². The summed E-state index contributed by atoms with van der Waals surface area (Å²) in [5.74, 6) is 0.619. The molecule has 1 fully saturated rings. The van der Waals surface area contributed by atoms with Crippen molar-refractivity contribution in [2.75, 3.05) is 26.8 Å². The largest absolute Gasteiger partial charge is 0.379 e. The molecule has 0 aromatic heterocycles. The molecule has 1 aliphatic heterocycles. The molecule has 0 aromatic carbocycles. The van der Waals surface area contributed by atoms with Crippen molar-refractivity contribution in [2.24, 2.45) is 5.92 Å². The number of rotatable bonds is 7. The minimum Gasteiger partial charge on any atom is -0.379 e. The van der Waals surface area contributed by atoms with Gasteiger partial charge >= 0.3 is 0 Å². The van der Waals surface area contributed by atoms with Gasteiger partial charge in [0.1, 0.15) is 0 Å². The van der Waals surface area contributed by atoms with Gasteiger partial charge in [-0.3, -0.25) is 0 Å². The Morgan fingerprint density at radius 3 is 2.25 bits per heavy atom. The Hall–Kier alpha value is -0.120. The predicted octanol–water partition coefficient (Wildman–Crippen LogP) is 1.78. The zero-order valence-electron chi connectivity index (χ0n) is 11.3. The first kappa shape index (κ1) is 13.9. The zero-order valence-corrected chi connectivity index (χ0v) is 11.3. The fourth-order valence-corrected chi connectivity index (χ4v) is 2.59. The normalized spacial score (nSPS) is 26.2. The van der Waals surface area contributed by atoms with Gasteiger partial charge in [0.15, 0.2) is 0 Å². The molecule has 2 unspecified atom stereocenters. The molecule has 2 N–H and O–H groups in total. The summed E-state index contributed by atoms with van der Waals surface area (Å²) >= 11 is 0. The Morgan fingerprint density at radius 2 is 1.75 bits per heavy atom. The van der Waals surface area contributed by atoms with Crippen molar-refractivity contribution in [3.63, 3.8) is 0 Å². The Morgan fingerprint density at radius 1 is 1.12 bits per heavy atom. The minimum atomic E-state index is 0.334. The van der Waals surface area contributed by atoms with Crippen molar-refractivity contribution in [1.29, 1.82) is 0 Å². The van der Waals surface area contributed by atoms with E-state index in [4.69, 9.17) is 4.74 Å². The molecule has 0 radical (unpaired) electrons. The van der Waals surface area contributed by atoms with E-state index in [-0.39, 0.29) is 0 Å². The van der Waals surface area contributed by atoms with Crippen LogP contribution in [0, 0.1) is 5.92 Å². The van der Waals surface area contributed by atoms with Gasteiger partial charge in [0.05, 0.1) is 13.2 Å². The number of ether oxygens (including phenoxy) is 1. The Labute approximate surface area is 100 Å². The second-order valence-corrected chi connectivity index (χ2v) is 4.91. The fraction of sp³-hybridized carbons (Fsp3) is 1.00. The van der Waals surface area contributed by atoms with Gasteiger partial charge in [-0.2, -0.15) is 0 Å². The summed E-state index contributed by atoms with van der Waals surface area (Å²) in [6.07, 6.45) is 3.62. The molecule has 0 bridgehead atoms. The van der Waals surface area contributed by atoms with Crippen LogP contribution < -0.4 is 10.6 Å². The molecular formula is C13H28N2O. The van der Waals surface area contributed by atoms with Gasteiger partial charge in [0.2, 0.25) is 0 Å². The first-order chi connectivity index (χ1) is 7.71. The van der Waals surface area contributed by atoms with E-state index < -0.39 is 0 Å². The van der Waals surface area contributed by atoms with Gasteiger partial charge in [-0.25, -0.2) is 0 Å². The van der Waals surface area contributed by atoms with Crippen LogP contribution in [-0.4, -0.2) is 38.4 Å². The topological polar surface area (TPSA) is 33.3 Å². The zero-order chi connectivity index (χ0) is 12.0. The van der Waals surface area contributed by atoms with Crippen LogP contribution in [0.4, 0.5) is 0 Å². The van der Waals surface area contributed by atoms with E-state index in [2.05, 4.69) is 31.4 Å². The lowest BCUT2D eigenvalue weighted by atomic mass is 9.89. The lowest BCUT2D eigenvalue weighted by Crippen LogP contribution is -2.48. The molecule has 2 atom stereocenters. The van der Waals surface area contributed by atoms with Crippen LogP contribution in [0.3, 0.4) is 0 Å². The molecule has 3 nitrogen and oxygen atoms in total. The smallest absolute Gasteiger partial charge is 0.0623 e. The van der Waals surface area contributed by atoms with E-state index in [1.807, 2.05) is 7.05 Å². The average molecular weight is 228 g/mol. The van der Waals surface area contributed by atoms with Crippen molar-refractivity contribution < 1.29 is 4.74 Å². The number of hydrogen-bond acceptors (Lipinski definition) is 3. The lowest BCUT2D eigenvalue weighted by molar-refractivity contribution is 0.178. The fourth-order valence-electron chi connectivity index (χ4n) is 2.59. The van der Waals surface area contributed by atoms with Crippen molar-refractivity contribution in [1.82, 2.24) is 10.6 Å². The highest BCUT2D eigenvalue weighted by Gasteiger charge is 2.30. The average Bonchev–Trinajstić information content (AvgIpc) is 2.79. The minimum absolute atomic E-state index is 0.334. The van der Waals surface area contributed by atoms with Gasteiger partial charge in [-0.05, 0) is 26.3 Å². The third kappa shape index (κ3) is 3.19. The molecule has 0 amide bonds. The molecule has 1 rings (SSSR count). The van der Waals surface area contributed by atoms with Gasteiger partial charge in [0.25, 0.3) is 0 Å². The summed E-state index contributed by atoms with van der Waals surface area (Å²) in [6, 6.07) is 0.524. The summed E-state index contributed by atoms with van der Waals surface area (Å²) in [5, 5.41) is 7.11. The van der Waals surface area contributed by atoms with Crippen molar-refractivity contribution in [3.05, 3.63) is 0 Å². The van der Waals surface area contributed by atoms with Gasteiger partial charge in [-0.15, -0.1) is 0 Å². The molecule has 3 heteroatoms. The first-order valence-corrected chi connectivity index (χ1v) is 6.71. The predicted molar refractivity (Wildman–Crippen MR) is 68.8 cm³/mol. The van der Waals surface area contributed by atoms with Gasteiger partial charge < -0.3 is 15.4 Å². The van der Waals surface area contributed by atoms with E-state index in [0.29, 0.717) is 17.5 Å². The molecule has 96 valence electrons. The van der Waals surface area contributed by atoms with E-state index >= 15 is 0 Å². The summed E-state index contributed by atoms with van der Waals surface area (Å²) in [7, 11) is 2.03. The molecule has 1 heterocycles. The third-order valence-corrected chi connectivity index (χ3v) is 4.34. The third-order valence-electron chi connectivity index (χ3n) is 4.34. The van der Waals surface area contributed by atoms with Crippen LogP contribution in [-0.2, 0) is 4.74 Å². The molecule has 0 aliphatic carbocycles. The molecule has 0 saturated carbocycles. The maximum absolute atomic E-state index is 5.52. The molecular weight excluding hydrogens is 200 g/mol. The number of likely N-dealkylation sites (N-methyl/N-ethyl adjacent to an activating group) is 1. The molecule has 0 spiro atoms. The standard InChI is InChI=1S/C13H28N2O/c1-5-13(6-2,7-3)15-8-11-9-16-10-12(11)14-4/h11-12,14-15H,5-10H2,1-4H3. The monoisotopic (exact) mass is 228 g/mol. The summed E-state index contributed by atoms with van der Waals surface area (Å²) in [6.45, 7) is 9.66. The lowest BCUT2D eigenvalue weighted by Gasteiger charge is -2.34. The van der Waals surface area contributed by atoms with E-state index in [1.54, 1.807) is 0 Å². The number of hydrogen-bond donors (Lipinski definition) is 2. The second kappa shape index (κ2) is 6.58. The van der Waals surface area contributed by atoms with Gasteiger partial charge in [-0.1, -0.05) is 20.8 Å². The highest BCUT2D eigenvalue weighted by Crippen LogP contribution is 2.21. The maximum atomic E-state index is 5.52. The van der Waals surface area contributed by atoms with Crippen LogP contribution in [0.25, 0.3) is 0 Å². The maximum Gasteiger partial charge on any atom is 0.0623 e. The quantitative estimate of drug-likeness (QED) is 0.697. The van der Waals surface area contributed by atoms with E-state index in [0.717, 1.165) is 19.8 Å². The highest BCUT2D eigenvalue weighted by atomic mass is 16.5. The van der Waals surface area contributed by atoms with Crippen LogP contribution >= 0.6 is 0 Å². The molecule has 1 aliphatic rings. The molecule has 1 saturated heterocycles. The van der Waals surface area contributed by atoms with Crippen LogP contribution in [0.2, 0.25) is 0 Å². The van der Waals surface area contributed by atoms with Crippen molar-refractivity contribution in [3.8, 4) is 0 Å². The Bertz CT molecular complexity index is 184. The van der Waals surface area contributed by atoms with Crippen molar-refractivity contribution >= 4 is 0 Å². The Balaban J connectivity index is 2.42. The summed E-state index contributed by atoms with van der Waals surface area (Å²) in [5.41, 5.74) is 0.334. The van der Waals surface area contributed by atoms with Crippen molar-refractivity contribution in [2.45, 2.75) is 51.6 Å². The second-order valence-electron chi connectivity index (χ2n) is 4.91. The SMILES string of the molecule is CCC(CC)(CC)NCC1COCC1NC. The summed E-state index contributed by atoms with van der Waals surface area (Å²) < 4.78 is 5.52. The van der Waals surface area contributed by atoms with Crippen LogP contribution in [0.1, 0.15) is 40.0 Å². The van der Waals surface area contributed by atoms with E-state index in [1.165, 1.54) is 19.3 Å². The number of nitrogens with one attached hydrogen (secondary N) is 2. The van der Waals surface area contributed by atoms with Gasteiger partial charge in [0, 0.05) is 24.0 Å². The van der Waals surface area contributed by atoms with Crippen LogP contribution in [0.5, 0.6) is 0 Å². The first-order valence-electron chi connectivity index (χ1n) is 6.71.